The van der Waals surface area contributed by atoms with Gasteiger partial charge in [-0.3, -0.25) is 19.2 Å². The van der Waals surface area contributed by atoms with E-state index in [9.17, 15) is 28.8 Å². The SMILES string of the molecule is CC(C)(C)OC(=O)NCCCCCNC(=O)c1cc(Cl)ccc1C1CCN(CCN2C(=O)COc3ccccc32)CC1.O=C(NCCCCNC(=O)c1cc(Cl)ccc1C1CCN(CCN2C(=O)COc3ccccc32)CC1)OCc1ccccc1. The molecule has 6 amide bonds. The van der Waals surface area contributed by atoms with Crippen LogP contribution in [0.4, 0.5) is 21.0 Å². The number of para-hydroxylation sites is 4. The Labute approximate surface area is 515 Å². The van der Waals surface area contributed by atoms with Gasteiger partial charge in [0.2, 0.25) is 0 Å². The van der Waals surface area contributed by atoms with Crippen LogP contribution in [0.5, 0.6) is 11.5 Å². The van der Waals surface area contributed by atoms with Gasteiger partial charge < -0.3 is 59.8 Å². The summed E-state index contributed by atoms with van der Waals surface area (Å²) in [4.78, 5) is 83.4. The van der Waals surface area contributed by atoms with Gasteiger partial charge in [0.1, 0.15) is 23.7 Å². The zero-order valence-corrected chi connectivity index (χ0v) is 51.2. The van der Waals surface area contributed by atoms with Crippen molar-refractivity contribution in [1.82, 2.24) is 31.1 Å². The molecule has 4 aliphatic rings. The van der Waals surface area contributed by atoms with Gasteiger partial charge in [-0.25, -0.2) is 9.59 Å². The van der Waals surface area contributed by atoms with E-state index < -0.39 is 17.8 Å². The normalized spacial score (nSPS) is 15.6. The number of rotatable bonds is 23. The van der Waals surface area contributed by atoms with Gasteiger partial charge in [-0.2, -0.15) is 0 Å². The quantitative estimate of drug-likeness (QED) is 0.0452. The number of likely N-dealkylation sites (tertiary alicyclic amines) is 2. The lowest BCUT2D eigenvalue weighted by Crippen LogP contribution is -2.45. The monoisotopic (exact) mass is 1220 g/mol. The molecule has 18 nitrogen and oxygen atoms in total. The first-order chi connectivity index (χ1) is 41.6. The molecule has 0 aliphatic carbocycles. The van der Waals surface area contributed by atoms with Gasteiger partial charge in [-0.05, 0) is 182 Å². The lowest BCUT2D eigenvalue weighted by Gasteiger charge is -2.35. The minimum Gasteiger partial charge on any atom is -0.482 e. The number of hydrogen-bond donors (Lipinski definition) is 4. The highest BCUT2D eigenvalue weighted by Gasteiger charge is 2.31. The largest absolute Gasteiger partial charge is 0.482 e. The van der Waals surface area contributed by atoms with E-state index in [0.717, 1.165) is 130 Å². The third kappa shape index (κ3) is 19.6. The highest BCUT2D eigenvalue weighted by molar-refractivity contribution is 6.31. The number of unbranched alkanes of at least 4 members (excludes halogenated alkanes) is 3. The van der Waals surface area contributed by atoms with Crippen LogP contribution in [0.15, 0.2) is 115 Å². The second-order valence-electron chi connectivity index (χ2n) is 23.0. The summed E-state index contributed by atoms with van der Waals surface area (Å²) in [5.41, 5.74) is 5.40. The van der Waals surface area contributed by atoms with Crippen molar-refractivity contribution in [3.63, 3.8) is 0 Å². The smallest absolute Gasteiger partial charge is 0.407 e. The summed E-state index contributed by atoms with van der Waals surface area (Å²) in [5.74, 6) is 1.74. The molecule has 9 rings (SSSR count). The summed E-state index contributed by atoms with van der Waals surface area (Å²) in [6.07, 6.45) is 6.76. The number of piperidine rings is 2. The van der Waals surface area contributed by atoms with Gasteiger partial charge in [0.05, 0.1) is 11.4 Å². The van der Waals surface area contributed by atoms with Crippen molar-refractivity contribution >= 4 is 70.4 Å². The zero-order chi connectivity index (χ0) is 60.8. The average molecular weight is 1220 g/mol. The second kappa shape index (κ2) is 32.4. The van der Waals surface area contributed by atoms with Crippen molar-refractivity contribution in [2.75, 3.05) is 102 Å². The van der Waals surface area contributed by atoms with Gasteiger partial charge >= 0.3 is 12.2 Å². The summed E-state index contributed by atoms with van der Waals surface area (Å²) < 4.78 is 21.6. The van der Waals surface area contributed by atoms with Gasteiger partial charge in [0, 0.05) is 73.5 Å². The Kier molecular flexibility index (Phi) is 24.3. The molecule has 4 N–H and O–H groups in total. The fourth-order valence-corrected chi connectivity index (χ4v) is 11.5. The Hall–Kier alpha value is -7.38. The first-order valence-corrected chi connectivity index (χ1v) is 30.9. The number of carbonyl (C=O) groups is 6. The molecule has 0 aromatic heterocycles. The maximum absolute atomic E-state index is 13.2. The highest BCUT2D eigenvalue weighted by atomic mass is 35.5. The number of benzene rings is 5. The van der Waals surface area contributed by atoms with E-state index in [0.29, 0.717) is 66.9 Å². The molecule has 5 aromatic rings. The second-order valence-corrected chi connectivity index (χ2v) is 23.9. The Bertz CT molecular complexity index is 3070. The van der Waals surface area contributed by atoms with Crippen LogP contribution in [-0.2, 0) is 25.7 Å². The molecule has 86 heavy (non-hydrogen) atoms. The molecule has 460 valence electrons. The van der Waals surface area contributed by atoms with Gasteiger partial charge in [0.15, 0.2) is 13.2 Å². The first-order valence-electron chi connectivity index (χ1n) is 30.1. The van der Waals surface area contributed by atoms with Crippen LogP contribution in [0, 0.1) is 0 Å². The van der Waals surface area contributed by atoms with Crippen LogP contribution in [0.3, 0.4) is 0 Å². The van der Waals surface area contributed by atoms with Crippen LogP contribution in [0.1, 0.15) is 128 Å². The van der Waals surface area contributed by atoms with Crippen LogP contribution >= 0.6 is 23.2 Å². The molecule has 4 aliphatic heterocycles. The van der Waals surface area contributed by atoms with E-state index in [1.807, 2.05) is 134 Å². The molecule has 0 saturated carbocycles. The molecule has 5 aromatic carbocycles. The Morgan fingerprint density at radius 1 is 0.523 bits per heavy atom. The Morgan fingerprint density at radius 2 is 0.942 bits per heavy atom. The molecular formula is C66H82Cl2N8O10. The number of anilines is 2. The summed E-state index contributed by atoms with van der Waals surface area (Å²) >= 11 is 12.6. The van der Waals surface area contributed by atoms with E-state index in [-0.39, 0.29) is 55.3 Å². The Balaban J connectivity index is 0.000000224. The topological polar surface area (TPSA) is 200 Å². The summed E-state index contributed by atoms with van der Waals surface area (Å²) in [5, 5.41) is 12.7. The number of carbonyl (C=O) groups excluding carboxylic acids is 6. The molecule has 2 fully saturated rings. The van der Waals surface area contributed by atoms with Crippen LogP contribution in [-0.4, -0.2) is 143 Å². The molecule has 0 atom stereocenters. The third-order valence-corrected chi connectivity index (χ3v) is 16.1. The molecule has 4 heterocycles. The van der Waals surface area contributed by atoms with Crippen LogP contribution in [0.2, 0.25) is 10.0 Å². The lowest BCUT2D eigenvalue weighted by molar-refractivity contribution is -0.122. The van der Waals surface area contributed by atoms with Crippen LogP contribution in [0.25, 0.3) is 0 Å². The molecule has 0 unspecified atom stereocenters. The zero-order valence-electron chi connectivity index (χ0n) is 49.7. The lowest BCUT2D eigenvalue weighted by atomic mass is 9.86. The van der Waals surface area contributed by atoms with Gasteiger partial charge in [-0.15, -0.1) is 0 Å². The van der Waals surface area contributed by atoms with E-state index in [4.69, 9.17) is 42.1 Å². The summed E-state index contributed by atoms with van der Waals surface area (Å²) in [6.45, 7) is 14.3. The molecule has 20 heteroatoms. The van der Waals surface area contributed by atoms with Crippen molar-refractivity contribution in [2.45, 2.75) is 103 Å². The molecule has 0 spiro atoms. The molecule has 0 radical (unpaired) electrons. The first kappa shape index (κ1) is 64.6. The maximum atomic E-state index is 13.2. The highest BCUT2D eigenvalue weighted by Crippen LogP contribution is 2.36. The van der Waals surface area contributed by atoms with Crippen molar-refractivity contribution in [3.05, 3.63) is 153 Å². The fraction of sp³-hybridized carbons (Fsp3) is 0.455. The van der Waals surface area contributed by atoms with Crippen molar-refractivity contribution < 1.29 is 47.7 Å². The standard InChI is InChI=1S/C34H39ClN4O5.C32H43ClN4O5/c35-27-12-13-28(26-14-18-38(19-15-26)20-21-39-30-10-4-5-11-31(30)43-24-32(39)40)29(22-27)33(41)36-16-6-7-17-37-34(42)44-23-25-8-2-1-3-9-25;1-32(2,3)42-31(40)35-16-8-4-7-15-34-30(39)26-21-24(33)11-12-25(26)23-13-17-36(18-14-23)19-20-37-27-9-5-6-10-28(27)41-22-29(37)38/h1-5,8-13,22,26H,6-7,14-21,23-24H2,(H,36,41)(H,37,42);5-6,9-12,21,23H,4,7-8,13-20,22H2,1-3H3,(H,34,39)(H,35,40). The third-order valence-electron chi connectivity index (χ3n) is 15.6. The van der Waals surface area contributed by atoms with Crippen LogP contribution < -0.4 is 40.5 Å². The van der Waals surface area contributed by atoms with E-state index in [1.54, 1.807) is 12.1 Å². The number of amides is 6. The molecular weight excluding hydrogens is 1140 g/mol. The van der Waals surface area contributed by atoms with Gasteiger partial charge in [0.25, 0.3) is 23.6 Å². The number of ether oxygens (including phenoxy) is 4. The number of fused-ring (bicyclic) bond motifs is 2. The average Bonchev–Trinajstić information content (AvgIpc) is 1.92. The van der Waals surface area contributed by atoms with Gasteiger partial charge in [-0.1, -0.05) is 89.9 Å². The Morgan fingerprint density at radius 3 is 1.41 bits per heavy atom. The van der Waals surface area contributed by atoms with E-state index in [2.05, 4.69) is 31.1 Å². The fourth-order valence-electron chi connectivity index (χ4n) is 11.1. The number of nitrogens with zero attached hydrogens (tertiary/aromatic N) is 4. The molecule has 0 bridgehead atoms. The number of halogens is 2. The predicted molar refractivity (Wildman–Crippen MR) is 335 cm³/mol. The predicted octanol–water partition coefficient (Wildman–Crippen LogP) is 10.8. The minimum atomic E-state index is -0.511. The number of nitrogens with one attached hydrogen (secondary N) is 4. The van der Waals surface area contributed by atoms with Crippen molar-refractivity contribution in [2.24, 2.45) is 0 Å². The van der Waals surface area contributed by atoms with Crippen molar-refractivity contribution in [1.29, 1.82) is 0 Å². The maximum Gasteiger partial charge on any atom is 0.407 e. The van der Waals surface area contributed by atoms with E-state index in [1.165, 1.54) is 0 Å². The summed E-state index contributed by atoms with van der Waals surface area (Å²) in [7, 11) is 0. The van der Waals surface area contributed by atoms with E-state index >= 15 is 0 Å². The van der Waals surface area contributed by atoms with Crippen molar-refractivity contribution in [3.8, 4) is 11.5 Å². The molecule has 2 saturated heterocycles. The summed E-state index contributed by atoms with van der Waals surface area (Å²) in [6, 6.07) is 36.0. The number of hydrogen-bond acceptors (Lipinski definition) is 12. The minimum absolute atomic E-state index is 0.0159. The number of alkyl carbamates (subject to hydrolysis) is 2.